The molecule has 0 heterocycles. The zero-order chi connectivity index (χ0) is 13.2. The number of sulfonamides is 1. The molecule has 2 atom stereocenters. The quantitative estimate of drug-likeness (QED) is 0.854. The lowest BCUT2D eigenvalue weighted by Crippen LogP contribution is -2.39. The SMILES string of the molecule is Cc1ccc(S(=O)(=O)N[C@H]2CCC=C[C@H]2C)cc1. The average Bonchev–Trinajstić information content (AvgIpc) is 2.32. The van der Waals surface area contributed by atoms with E-state index in [1.807, 2.05) is 26.0 Å². The second kappa shape index (κ2) is 5.24. The van der Waals surface area contributed by atoms with Crippen LogP contribution in [0.1, 0.15) is 25.3 Å². The minimum absolute atomic E-state index is 0.00121. The average molecular weight is 265 g/mol. The molecule has 1 aromatic rings. The van der Waals surface area contributed by atoms with Crippen LogP contribution in [0.3, 0.4) is 0 Å². The highest BCUT2D eigenvalue weighted by atomic mass is 32.2. The molecule has 4 heteroatoms. The minimum atomic E-state index is -3.39. The Morgan fingerprint density at radius 1 is 1.22 bits per heavy atom. The predicted octanol–water partition coefficient (Wildman–Crippen LogP) is 2.63. The van der Waals surface area contributed by atoms with Gasteiger partial charge in [-0.15, -0.1) is 0 Å². The molecule has 0 amide bonds. The van der Waals surface area contributed by atoms with Gasteiger partial charge in [-0.05, 0) is 37.8 Å². The molecule has 0 spiro atoms. The molecule has 1 aliphatic carbocycles. The lowest BCUT2D eigenvalue weighted by atomic mass is 9.93. The number of hydrogen-bond donors (Lipinski definition) is 1. The molecule has 1 aromatic carbocycles. The minimum Gasteiger partial charge on any atom is -0.207 e. The third-order valence-corrected chi connectivity index (χ3v) is 4.86. The molecule has 0 saturated heterocycles. The monoisotopic (exact) mass is 265 g/mol. The van der Waals surface area contributed by atoms with Crippen LogP contribution in [0.25, 0.3) is 0 Å². The van der Waals surface area contributed by atoms with Gasteiger partial charge in [0.05, 0.1) is 4.90 Å². The van der Waals surface area contributed by atoms with Gasteiger partial charge >= 0.3 is 0 Å². The molecule has 3 nitrogen and oxygen atoms in total. The van der Waals surface area contributed by atoms with E-state index < -0.39 is 10.0 Å². The van der Waals surface area contributed by atoms with E-state index in [0.717, 1.165) is 18.4 Å². The molecule has 98 valence electrons. The van der Waals surface area contributed by atoms with Crippen LogP contribution in [-0.4, -0.2) is 14.5 Å². The summed E-state index contributed by atoms with van der Waals surface area (Å²) in [7, 11) is -3.39. The van der Waals surface area contributed by atoms with Gasteiger partial charge in [0.25, 0.3) is 0 Å². The highest BCUT2D eigenvalue weighted by molar-refractivity contribution is 7.89. The van der Waals surface area contributed by atoms with Gasteiger partial charge in [-0.25, -0.2) is 13.1 Å². The van der Waals surface area contributed by atoms with Crippen molar-refractivity contribution in [2.45, 2.75) is 37.6 Å². The number of allylic oxidation sites excluding steroid dienone is 1. The van der Waals surface area contributed by atoms with Gasteiger partial charge in [-0.3, -0.25) is 0 Å². The normalized spacial score (nSPS) is 24.1. The highest BCUT2D eigenvalue weighted by Crippen LogP contribution is 2.20. The molecule has 0 aliphatic heterocycles. The zero-order valence-electron chi connectivity index (χ0n) is 10.8. The summed E-state index contributed by atoms with van der Waals surface area (Å²) in [6, 6.07) is 6.95. The summed E-state index contributed by atoms with van der Waals surface area (Å²) in [5.74, 6) is 0.249. The second-order valence-electron chi connectivity index (χ2n) is 4.91. The third kappa shape index (κ3) is 3.00. The number of benzene rings is 1. The summed E-state index contributed by atoms with van der Waals surface area (Å²) in [5, 5.41) is 0. The van der Waals surface area contributed by atoms with Crippen molar-refractivity contribution >= 4 is 10.0 Å². The molecule has 0 bridgehead atoms. The first-order valence-corrected chi connectivity index (χ1v) is 7.73. The van der Waals surface area contributed by atoms with Gasteiger partial charge in [0.2, 0.25) is 10.0 Å². The first kappa shape index (κ1) is 13.3. The van der Waals surface area contributed by atoms with Crippen LogP contribution in [0.5, 0.6) is 0 Å². The third-order valence-electron chi connectivity index (χ3n) is 3.36. The Bertz CT molecular complexity index is 531. The Morgan fingerprint density at radius 3 is 2.50 bits per heavy atom. The number of rotatable bonds is 3. The molecule has 0 fully saturated rings. The Kier molecular flexibility index (Phi) is 3.88. The smallest absolute Gasteiger partial charge is 0.207 e. The predicted molar refractivity (Wildman–Crippen MR) is 72.8 cm³/mol. The van der Waals surface area contributed by atoms with Crippen LogP contribution in [0.4, 0.5) is 0 Å². The van der Waals surface area contributed by atoms with Crippen molar-refractivity contribution in [1.82, 2.24) is 4.72 Å². The fraction of sp³-hybridized carbons (Fsp3) is 0.429. The molecule has 1 aliphatic rings. The first-order valence-electron chi connectivity index (χ1n) is 6.25. The van der Waals surface area contributed by atoms with E-state index in [1.54, 1.807) is 12.1 Å². The van der Waals surface area contributed by atoms with Crippen molar-refractivity contribution < 1.29 is 8.42 Å². The molecular formula is C14H19NO2S. The molecule has 1 N–H and O–H groups in total. The maximum atomic E-state index is 12.2. The van der Waals surface area contributed by atoms with E-state index in [-0.39, 0.29) is 12.0 Å². The van der Waals surface area contributed by atoms with Crippen molar-refractivity contribution in [3.8, 4) is 0 Å². The second-order valence-corrected chi connectivity index (χ2v) is 6.62. The molecule has 0 radical (unpaired) electrons. The summed E-state index contributed by atoms with van der Waals surface area (Å²) in [5.41, 5.74) is 1.06. The van der Waals surface area contributed by atoms with Gasteiger partial charge in [-0.1, -0.05) is 36.8 Å². The largest absolute Gasteiger partial charge is 0.240 e. The summed E-state index contributed by atoms with van der Waals surface area (Å²) >= 11 is 0. The van der Waals surface area contributed by atoms with Crippen LogP contribution in [0.2, 0.25) is 0 Å². The summed E-state index contributed by atoms with van der Waals surface area (Å²) in [4.78, 5) is 0.342. The highest BCUT2D eigenvalue weighted by Gasteiger charge is 2.24. The molecule has 0 saturated carbocycles. The van der Waals surface area contributed by atoms with Crippen LogP contribution in [0, 0.1) is 12.8 Å². The van der Waals surface area contributed by atoms with Crippen molar-refractivity contribution in [3.63, 3.8) is 0 Å². The lowest BCUT2D eigenvalue weighted by molar-refractivity contribution is 0.442. The van der Waals surface area contributed by atoms with Gasteiger partial charge in [-0.2, -0.15) is 0 Å². The zero-order valence-corrected chi connectivity index (χ0v) is 11.6. The molecule has 2 rings (SSSR count). The van der Waals surface area contributed by atoms with Gasteiger partial charge in [0.15, 0.2) is 0 Å². The van der Waals surface area contributed by atoms with Crippen molar-refractivity contribution in [3.05, 3.63) is 42.0 Å². The van der Waals surface area contributed by atoms with Crippen LogP contribution in [0.15, 0.2) is 41.3 Å². The van der Waals surface area contributed by atoms with E-state index in [9.17, 15) is 8.42 Å². The summed E-state index contributed by atoms with van der Waals surface area (Å²) in [6.45, 7) is 3.98. The van der Waals surface area contributed by atoms with E-state index in [4.69, 9.17) is 0 Å². The van der Waals surface area contributed by atoms with Crippen LogP contribution < -0.4 is 4.72 Å². The standard InChI is InChI=1S/C14H19NO2S/c1-11-7-9-13(10-8-11)18(16,17)15-14-6-4-3-5-12(14)2/h3,5,7-10,12,14-15H,4,6H2,1-2H3/t12-,14+/m1/s1. The van der Waals surface area contributed by atoms with E-state index in [2.05, 4.69) is 16.9 Å². The van der Waals surface area contributed by atoms with E-state index in [0.29, 0.717) is 4.90 Å². The molecule has 0 unspecified atom stereocenters. The Balaban J connectivity index is 2.17. The number of hydrogen-bond acceptors (Lipinski definition) is 2. The maximum Gasteiger partial charge on any atom is 0.240 e. The molecule has 18 heavy (non-hydrogen) atoms. The fourth-order valence-corrected chi connectivity index (χ4v) is 3.50. The topological polar surface area (TPSA) is 46.2 Å². The van der Waals surface area contributed by atoms with E-state index in [1.165, 1.54) is 0 Å². The Labute approximate surface area is 109 Å². The summed E-state index contributed by atoms with van der Waals surface area (Å²) < 4.78 is 27.2. The molecule has 0 aromatic heterocycles. The van der Waals surface area contributed by atoms with Crippen molar-refractivity contribution in [2.75, 3.05) is 0 Å². The molecular weight excluding hydrogens is 246 g/mol. The van der Waals surface area contributed by atoms with Crippen molar-refractivity contribution in [2.24, 2.45) is 5.92 Å². The Hall–Kier alpha value is -1.13. The summed E-state index contributed by atoms with van der Waals surface area (Å²) in [6.07, 6.45) is 5.99. The first-order chi connectivity index (χ1) is 8.49. The van der Waals surface area contributed by atoms with Gasteiger partial charge < -0.3 is 0 Å². The van der Waals surface area contributed by atoms with Gasteiger partial charge in [0, 0.05) is 6.04 Å². The number of nitrogens with one attached hydrogen (secondary N) is 1. The Morgan fingerprint density at radius 2 is 1.89 bits per heavy atom. The maximum absolute atomic E-state index is 12.2. The van der Waals surface area contributed by atoms with Crippen LogP contribution >= 0.6 is 0 Å². The van der Waals surface area contributed by atoms with Crippen LogP contribution in [-0.2, 0) is 10.0 Å². The lowest BCUT2D eigenvalue weighted by Gasteiger charge is -2.25. The number of aryl methyl sites for hydroxylation is 1. The van der Waals surface area contributed by atoms with E-state index >= 15 is 0 Å². The van der Waals surface area contributed by atoms with Crippen molar-refractivity contribution in [1.29, 1.82) is 0 Å². The fourth-order valence-electron chi connectivity index (χ4n) is 2.13. The van der Waals surface area contributed by atoms with Gasteiger partial charge in [0.1, 0.15) is 0 Å².